The van der Waals surface area contributed by atoms with E-state index in [-0.39, 0.29) is 12.4 Å². The quantitative estimate of drug-likeness (QED) is 0.808. The van der Waals surface area contributed by atoms with Crippen molar-refractivity contribution in [1.29, 1.82) is 0 Å². The maximum Gasteiger partial charge on any atom is 0.0949 e. The van der Waals surface area contributed by atoms with Crippen molar-refractivity contribution < 1.29 is 0 Å². The van der Waals surface area contributed by atoms with Crippen LogP contribution in [0, 0.1) is 0 Å². The number of aromatic nitrogens is 2. The summed E-state index contributed by atoms with van der Waals surface area (Å²) in [5, 5.41) is 1.17. The molecule has 1 aromatic carbocycles. The Morgan fingerprint density at radius 1 is 1.20 bits per heavy atom. The van der Waals surface area contributed by atoms with Crippen molar-refractivity contribution in [2.75, 3.05) is 0 Å². The molecule has 0 spiro atoms. The van der Waals surface area contributed by atoms with Crippen LogP contribution in [0.2, 0.25) is 10.0 Å². The van der Waals surface area contributed by atoms with Crippen LogP contribution in [-0.2, 0) is 6.54 Å². The van der Waals surface area contributed by atoms with E-state index in [0.29, 0.717) is 10.0 Å². The molecule has 0 N–H and O–H groups in total. The van der Waals surface area contributed by atoms with E-state index in [2.05, 4.69) is 4.98 Å². The van der Waals surface area contributed by atoms with Crippen LogP contribution >= 0.6 is 35.6 Å². The van der Waals surface area contributed by atoms with E-state index in [1.807, 2.05) is 22.9 Å². The number of imidazole rings is 1. The molecule has 0 saturated heterocycles. The van der Waals surface area contributed by atoms with Crippen molar-refractivity contribution in [3.8, 4) is 0 Å². The minimum absolute atomic E-state index is 0. The highest BCUT2D eigenvalue weighted by atomic mass is 35.5. The SMILES string of the molecule is Cl.Clc1ccc(Cn2ccnc2)cc1Cl. The lowest BCUT2D eigenvalue weighted by Gasteiger charge is -2.03. The zero-order valence-corrected chi connectivity index (χ0v) is 10.1. The highest BCUT2D eigenvalue weighted by molar-refractivity contribution is 6.42. The van der Waals surface area contributed by atoms with Gasteiger partial charge in [-0.15, -0.1) is 12.4 Å². The molecular formula is C10H9Cl3N2. The monoisotopic (exact) mass is 262 g/mol. The molecule has 80 valence electrons. The van der Waals surface area contributed by atoms with Crippen LogP contribution in [0.25, 0.3) is 0 Å². The Morgan fingerprint density at radius 2 is 2.00 bits per heavy atom. The van der Waals surface area contributed by atoms with Crippen molar-refractivity contribution in [1.82, 2.24) is 9.55 Å². The Bertz CT molecular complexity index is 426. The van der Waals surface area contributed by atoms with Gasteiger partial charge in [0.15, 0.2) is 0 Å². The van der Waals surface area contributed by atoms with Crippen LogP contribution in [-0.4, -0.2) is 9.55 Å². The molecule has 2 rings (SSSR count). The minimum Gasteiger partial charge on any atom is -0.333 e. The van der Waals surface area contributed by atoms with Gasteiger partial charge in [-0.25, -0.2) is 4.98 Å². The maximum atomic E-state index is 5.90. The smallest absolute Gasteiger partial charge is 0.0949 e. The molecule has 0 radical (unpaired) electrons. The third kappa shape index (κ3) is 3.13. The third-order valence-electron chi connectivity index (χ3n) is 1.91. The number of benzene rings is 1. The molecule has 1 heterocycles. The molecule has 15 heavy (non-hydrogen) atoms. The highest BCUT2D eigenvalue weighted by Crippen LogP contribution is 2.22. The number of halogens is 3. The van der Waals surface area contributed by atoms with Crippen LogP contribution in [0.15, 0.2) is 36.9 Å². The number of rotatable bonds is 2. The normalized spacial score (nSPS) is 9.73. The summed E-state index contributed by atoms with van der Waals surface area (Å²) in [6.07, 6.45) is 5.42. The summed E-state index contributed by atoms with van der Waals surface area (Å²) in [6.45, 7) is 0.761. The minimum atomic E-state index is 0. The van der Waals surface area contributed by atoms with E-state index in [1.54, 1.807) is 18.6 Å². The first-order valence-electron chi connectivity index (χ1n) is 4.15. The second kappa shape index (κ2) is 5.40. The molecule has 0 aliphatic carbocycles. The predicted molar refractivity (Wildman–Crippen MR) is 65.0 cm³/mol. The van der Waals surface area contributed by atoms with Crippen molar-refractivity contribution in [2.45, 2.75) is 6.54 Å². The van der Waals surface area contributed by atoms with E-state index in [4.69, 9.17) is 23.2 Å². The summed E-state index contributed by atoms with van der Waals surface area (Å²) in [6, 6.07) is 5.62. The fourth-order valence-corrected chi connectivity index (χ4v) is 1.55. The number of nitrogens with zero attached hydrogens (tertiary/aromatic N) is 2. The van der Waals surface area contributed by atoms with Crippen molar-refractivity contribution >= 4 is 35.6 Å². The molecule has 2 nitrogen and oxygen atoms in total. The van der Waals surface area contributed by atoms with Gasteiger partial charge in [-0.1, -0.05) is 29.3 Å². The Kier molecular flexibility index (Phi) is 4.45. The second-order valence-corrected chi connectivity index (χ2v) is 3.80. The molecule has 2 aromatic rings. The first-order chi connectivity index (χ1) is 6.75. The fraction of sp³-hybridized carbons (Fsp3) is 0.100. The van der Waals surface area contributed by atoms with Gasteiger partial charge in [-0.2, -0.15) is 0 Å². The largest absolute Gasteiger partial charge is 0.333 e. The Morgan fingerprint density at radius 3 is 2.60 bits per heavy atom. The zero-order chi connectivity index (χ0) is 9.97. The molecule has 0 aliphatic heterocycles. The van der Waals surface area contributed by atoms with Gasteiger partial charge in [0.05, 0.1) is 16.4 Å². The van der Waals surface area contributed by atoms with Crippen molar-refractivity contribution in [3.05, 3.63) is 52.5 Å². The van der Waals surface area contributed by atoms with Gasteiger partial charge in [0.1, 0.15) is 0 Å². The molecule has 0 fully saturated rings. The lowest BCUT2D eigenvalue weighted by molar-refractivity contribution is 0.797. The molecule has 0 atom stereocenters. The Balaban J connectivity index is 0.00000112. The van der Waals surface area contributed by atoms with E-state index in [0.717, 1.165) is 12.1 Å². The zero-order valence-electron chi connectivity index (χ0n) is 7.73. The Hall–Kier alpha value is -0.700. The van der Waals surface area contributed by atoms with Gasteiger partial charge in [0.25, 0.3) is 0 Å². The third-order valence-corrected chi connectivity index (χ3v) is 2.65. The van der Waals surface area contributed by atoms with E-state index in [1.165, 1.54) is 0 Å². The molecule has 0 aliphatic rings. The molecular weight excluding hydrogens is 254 g/mol. The first kappa shape index (κ1) is 12.4. The fourth-order valence-electron chi connectivity index (χ4n) is 1.23. The summed E-state index contributed by atoms with van der Waals surface area (Å²) >= 11 is 11.7. The lowest BCUT2D eigenvalue weighted by Crippen LogP contribution is -1.95. The Labute approximate surface area is 104 Å². The van der Waals surface area contributed by atoms with E-state index < -0.39 is 0 Å². The molecule has 5 heteroatoms. The van der Waals surface area contributed by atoms with Gasteiger partial charge in [-0.05, 0) is 17.7 Å². The van der Waals surface area contributed by atoms with Crippen LogP contribution in [0.4, 0.5) is 0 Å². The molecule has 0 saturated carbocycles. The van der Waals surface area contributed by atoms with E-state index >= 15 is 0 Å². The van der Waals surface area contributed by atoms with Crippen molar-refractivity contribution in [2.24, 2.45) is 0 Å². The topological polar surface area (TPSA) is 17.8 Å². The molecule has 1 aromatic heterocycles. The lowest BCUT2D eigenvalue weighted by atomic mass is 10.2. The average Bonchev–Trinajstić information content (AvgIpc) is 2.64. The van der Waals surface area contributed by atoms with Crippen LogP contribution in [0.1, 0.15) is 5.56 Å². The predicted octanol–water partition coefficient (Wildman–Crippen LogP) is 3.66. The highest BCUT2D eigenvalue weighted by Gasteiger charge is 1.99. The molecule has 0 bridgehead atoms. The van der Waals surface area contributed by atoms with Crippen molar-refractivity contribution in [3.63, 3.8) is 0 Å². The first-order valence-corrected chi connectivity index (χ1v) is 4.91. The summed E-state index contributed by atoms with van der Waals surface area (Å²) < 4.78 is 1.97. The summed E-state index contributed by atoms with van der Waals surface area (Å²) in [7, 11) is 0. The standard InChI is InChI=1S/C10H8Cl2N2.ClH/c11-9-2-1-8(5-10(9)12)6-14-4-3-13-7-14;/h1-5,7H,6H2;1H. The summed E-state index contributed by atoms with van der Waals surface area (Å²) in [5.74, 6) is 0. The van der Waals surface area contributed by atoms with E-state index in [9.17, 15) is 0 Å². The second-order valence-electron chi connectivity index (χ2n) is 2.98. The van der Waals surface area contributed by atoms with Gasteiger partial charge >= 0.3 is 0 Å². The van der Waals surface area contributed by atoms with Gasteiger partial charge in [0.2, 0.25) is 0 Å². The van der Waals surface area contributed by atoms with Gasteiger partial charge < -0.3 is 4.57 Å². The number of hydrogen-bond donors (Lipinski definition) is 0. The summed E-state index contributed by atoms with van der Waals surface area (Å²) in [5.41, 5.74) is 1.11. The summed E-state index contributed by atoms with van der Waals surface area (Å²) in [4.78, 5) is 3.96. The maximum absolute atomic E-state index is 5.90. The molecule has 0 unspecified atom stereocenters. The average molecular weight is 264 g/mol. The number of hydrogen-bond acceptors (Lipinski definition) is 1. The van der Waals surface area contributed by atoms with Gasteiger partial charge in [-0.3, -0.25) is 0 Å². The van der Waals surface area contributed by atoms with Gasteiger partial charge in [0, 0.05) is 18.9 Å². The van der Waals surface area contributed by atoms with Crippen LogP contribution in [0.3, 0.4) is 0 Å². The van der Waals surface area contributed by atoms with Crippen LogP contribution < -0.4 is 0 Å². The molecule has 0 amide bonds. The van der Waals surface area contributed by atoms with Crippen LogP contribution in [0.5, 0.6) is 0 Å².